The first-order valence-electron chi connectivity index (χ1n) is 2.89. The van der Waals surface area contributed by atoms with Crippen molar-refractivity contribution in [1.82, 2.24) is 4.98 Å². The summed E-state index contributed by atoms with van der Waals surface area (Å²) in [7, 11) is 1.62. The van der Waals surface area contributed by atoms with Crippen LogP contribution in [-0.2, 0) is 0 Å². The Bertz CT molecular complexity index is 171. The van der Waals surface area contributed by atoms with Gasteiger partial charge in [-0.15, -0.1) is 0 Å². The average Bonchev–Trinajstić information content (AvgIpc) is 2.08. The maximum Gasteiger partial charge on any atom is 0.482 e. The first kappa shape index (κ1) is 9.93. The normalized spacial score (nSPS) is 7.55. The van der Waals surface area contributed by atoms with E-state index in [-0.39, 0.29) is 7.69 Å². The summed E-state index contributed by atoms with van der Waals surface area (Å²) in [6.45, 7) is 0. The lowest BCUT2D eigenvalue weighted by Gasteiger charge is -1.93. The van der Waals surface area contributed by atoms with Crippen molar-refractivity contribution in [2.75, 3.05) is 7.11 Å². The Balaban J connectivity index is 0.000000292. The van der Waals surface area contributed by atoms with E-state index in [4.69, 9.17) is 14.8 Å². The third kappa shape index (κ3) is 5.38. The maximum absolute atomic E-state index is 7.00. The summed E-state index contributed by atoms with van der Waals surface area (Å²) in [6.07, 6.45) is 3.38. The fourth-order valence-electron chi connectivity index (χ4n) is 0.468. The van der Waals surface area contributed by atoms with Gasteiger partial charge < -0.3 is 14.8 Å². The third-order valence-corrected chi connectivity index (χ3v) is 0.870. The molecule has 0 unspecified atom stereocenters. The summed E-state index contributed by atoms with van der Waals surface area (Å²) >= 11 is 0. The summed E-state index contributed by atoms with van der Waals surface area (Å²) in [5, 5.41) is 14.0. The van der Waals surface area contributed by atoms with Gasteiger partial charge in [0.15, 0.2) is 0 Å². The number of methoxy groups -OCH3 is 1. The monoisotopic (exact) mass is 154 g/mol. The molecule has 0 aliphatic carbocycles. The van der Waals surface area contributed by atoms with Gasteiger partial charge in [0, 0.05) is 6.20 Å². The van der Waals surface area contributed by atoms with Crippen molar-refractivity contribution in [3.8, 4) is 5.75 Å². The minimum absolute atomic E-state index is 0. The van der Waals surface area contributed by atoms with Crippen LogP contribution in [0.1, 0.15) is 0 Å². The van der Waals surface area contributed by atoms with E-state index < -0.39 is 0 Å². The average molecular weight is 154 g/mol. The molecule has 59 valence electrons. The number of aromatic nitrogens is 1. The molecule has 0 bridgehead atoms. The van der Waals surface area contributed by atoms with E-state index in [1.165, 1.54) is 0 Å². The molecule has 0 aliphatic rings. The highest BCUT2D eigenvalue weighted by atomic mass is 16.5. The zero-order chi connectivity index (χ0) is 8.53. The van der Waals surface area contributed by atoms with E-state index in [0.717, 1.165) is 5.75 Å². The molecule has 0 aromatic carbocycles. The fraction of sp³-hybridized carbons (Fsp3) is 0.167. The molecule has 0 spiro atoms. The van der Waals surface area contributed by atoms with Gasteiger partial charge in [0.2, 0.25) is 0 Å². The summed E-state index contributed by atoms with van der Waals surface area (Å²) in [5.41, 5.74) is 0. The van der Waals surface area contributed by atoms with Crippen LogP contribution in [0.15, 0.2) is 24.5 Å². The largest absolute Gasteiger partial charge is 0.495 e. The molecule has 1 aromatic rings. The number of hydrogen-bond acceptors (Lipinski definition) is 4. The number of pyridine rings is 1. The summed E-state index contributed by atoms with van der Waals surface area (Å²) in [6, 6.07) is 3.69. The molecule has 0 atom stereocenters. The molecule has 4 nitrogen and oxygen atoms in total. The van der Waals surface area contributed by atoms with E-state index in [1.807, 2.05) is 12.1 Å². The topological polar surface area (TPSA) is 62.6 Å². The lowest BCUT2D eigenvalue weighted by atomic mass is 10.5. The number of nitrogens with zero attached hydrogens (tertiary/aromatic N) is 1. The van der Waals surface area contributed by atoms with E-state index in [0.29, 0.717) is 0 Å². The summed E-state index contributed by atoms with van der Waals surface area (Å²) in [5.74, 6) is 0.799. The van der Waals surface area contributed by atoms with Crippen LogP contribution in [0.2, 0.25) is 0 Å². The molecule has 2 N–H and O–H groups in total. The van der Waals surface area contributed by atoms with Crippen molar-refractivity contribution in [3.63, 3.8) is 0 Å². The van der Waals surface area contributed by atoms with Gasteiger partial charge in [-0.1, -0.05) is 0 Å². The van der Waals surface area contributed by atoms with Gasteiger partial charge >= 0.3 is 7.69 Å². The zero-order valence-corrected chi connectivity index (χ0v) is 6.14. The third-order valence-electron chi connectivity index (χ3n) is 0.870. The highest BCUT2D eigenvalue weighted by Crippen LogP contribution is 2.02. The zero-order valence-electron chi connectivity index (χ0n) is 6.14. The van der Waals surface area contributed by atoms with Crippen LogP contribution in [0.25, 0.3) is 0 Å². The highest BCUT2D eigenvalue weighted by Gasteiger charge is 1.81. The van der Waals surface area contributed by atoms with Crippen molar-refractivity contribution in [3.05, 3.63) is 24.5 Å². The minimum Gasteiger partial charge on any atom is -0.495 e. The van der Waals surface area contributed by atoms with Crippen LogP contribution in [0.3, 0.4) is 0 Å². The molecule has 0 amide bonds. The van der Waals surface area contributed by atoms with Gasteiger partial charge in [-0.25, -0.2) is 0 Å². The van der Waals surface area contributed by atoms with Crippen molar-refractivity contribution < 1.29 is 14.8 Å². The van der Waals surface area contributed by atoms with Gasteiger partial charge in [-0.3, -0.25) is 4.98 Å². The molecule has 5 heteroatoms. The molecular formula is C6H9BNO3. The van der Waals surface area contributed by atoms with Crippen molar-refractivity contribution in [2.24, 2.45) is 0 Å². The predicted octanol–water partition coefficient (Wildman–Crippen LogP) is -0.405. The van der Waals surface area contributed by atoms with Gasteiger partial charge in [-0.05, 0) is 12.1 Å². The summed E-state index contributed by atoms with van der Waals surface area (Å²) in [4.78, 5) is 3.83. The van der Waals surface area contributed by atoms with Crippen LogP contribution < -0.4 is 4.74 Å². The maximum atomic E-state index is 7.00. The molecular weight excluding hydrogens is 145 g/mol. The lowest BCUT2D eigenvalue weighted by Crippen LogP contribution is -1.80. The molecule has 0 aliphatic heterocycles. The van der Waals surface area contributed by atoms with Crippen LogP contribution in [0.5, 0.6) is 5.75 Å². The van der Waals surface area contributed by atoms with E-state index in [9.17, 15) is 0 Å². The Morgan fingerprint density at radius 1 is 1.55 bits per heavy atom. The molecule has 0 fully saturated rings. The van der Waals surface area contributed by atoms with Gasteiger partial charge in [0.1, 0.15) is 5.75 Å². The van der Waals surface area contributed by atoms with Crippen LogP contribution in [-0.4, -0.2) is 29.8 Å². The fourth-order valence-corrected chi connectivity index (χ4v) is 0.468. The van der Waals surface area contributed by atoms with Gasteiger partial charge in [0.05, 0.1) is 13.3 Å². The second-order valence-corrected chi connectivity index (χ2v) is 1.51. The lowest BCUT2D eigenvalue weighted by molar-refractivity contribution is 0.413. The molecule has 0 saturated carbocycles. The highest BCUT2D eigenvalue weighted by molar-refractivity contribution is 6.13. The standard InChI is InChI=1S/C6H7NO.BH2O2/c1-8-6-3-2-4-7-5-6;2-1-3/h2-5H,1H3;2-3H. The van der Waals surface area contributed by atoms with Crippen molar-refractivity contribution >= 4 is 7.69 Å². The van der Waals surface area contributed by atoms with E-state index >= 15 is 0 Å². The van der Waals surface area contributed by atoms with E-state index in [2.05, 4.69) is 4.98 Å². The smallest absolute Gasteiger partial charge is 0.482 e. The van der Waals surface area contributed by atoms with Crippen LogP contribution in [0.4, 0.5) is 0 Å². The molecule has 1 aromatic heterocycles. The molecule has 1 rings (SSSR count). The number of rotatable bonds is 1. The van der Waals surface area contributed by atoms with Crippen molar-refractivity contribution in [1.29, 1.82) is 0 Å². The van der Waals surface area contributed by atoms with Crippen LogP contribution in [0, 0.1) is 0 Å². The van der Waals surface area contributed by atoms with E-state index in [1.54, 1.807) is 19.5 Å². The van der Waals surface area contributed by atoms with Crippen LogP contribution >= 0.6 is 0 Å². The predicted molar refractivity (Wildman–Crippen MR) is 41.0 cm³/mol. The SMILES string of the molecule is COc1cccnc1.O[B]O. The summed E-state index contributed by atoms with van der Waals surface area (Å²) < 4.78 is 4.85. The molecule has 1 heterocycles. The minimum atomic E-state index is 0. The second kappa shape index (κ2) is 7.05. The molecule has 11 heavy (non-hydrogen) atoms. The second-order valence-electron chi connectivity index (χ2n) is 1.51. The quantitative estimate of drug-likeness (QED) is 0.540. The Labute approximate surface area is 65.8 Å². The Morgan fingerprint density at radius 2 is 2.18 bits per heavy atom. The Hall–Kier alpha value is -1.07. The first-order valence-corrected chi connectivity index (χ1v) is 2.89. The number of hydrogen-bond donors (Lipinski definition) is 2. The molecule has 1 radical (unpaired) electrons. The van der Waals surface area contributed by atoms with Gasteiger partial charge in [-0.2, -0.15) is 0 Å². The molecule has 0 saturated heterocycles. The van der Waals surface area contributed by atoms with Crippen molar-refractivity contribution in [2.45, 2.75) is 0 Å². The first-order chi connectivity index (χ1) is 5.35. The van der Waals surface area contributed by atoms with Gasteiger partial charge in [0.25, 0.3) is 0 Å². The Kier molecular flexibility index (Phi) is 6.36. The Morgan fingerprint density at radius 3 is 2.45 bits per heavy atom. The number of ether oxygens (including phenoxy) is 1.